The molecule has 1 aromatic carbocycles. The van der Waals surface area contributed by atoms with Crippen molar-refractivity contribution < 1.29 is 13.2 Å². The van der Waals surface area contributed by atoms with E-state index in [2.05, 4.69) is 15.0 Å². The van der Waals surface area contributed by atoms with Crippen molar-refractivity contribution in [2.75, 3.05) is 7.11 Å². The molecule has 0 aliphatic carbocycles. The predicted octanol–water partition coefficient (Wildman–Crippen LogP) is 2.39. The number of H-pyrrole nitrogens is 2. The number of nitrogens with one attached hydrogen (secondary N) is 2. The van der Waals surface area contributed by atoms with Crippen LogP contribution in [-0.2, 0) is 21.2 Å². The molecule has 9 nitrogen and oxygen atoms in total. The van der Waals surface area contributed by atoms with E-state index < -0.39 is 21.3 Å². The average molecular weight is 471 g/mol. The Kier molecular flexibility index (Phi) is 6.71. The van der Waals surface area contributed by atoms with Gasteiger partial charge in [-0.15, -0.1) is 0 Å². The second-order valence-corrected chi connectivity index (χ2v) is 10.2. The fourth-order valence-corrected chi connectivity index (χ4v) is 4.00. The number of sulfonamides is 1. The van der Waals surface area contributed by atoms with Gasteiger partial charge in [0.2, 0.25) is 10.0 Å². The van der Waals surface area contributed by atoms with Gasteiger partial charge in [0.15, 0.2) is 0 Å². The minimum Gasteiger partial charge on any atom is -0.496 e. The van der Waals surface area contributed by atoms with Crippen LogP contribution in [0.4, 0.5) is 0 Å². The molecule has 174 valence electrons. The van der Waals surface area contributed by atoms with Crippen LogP contribution in [0.5, 0.6) is 5.75 Å². The highest BCUT2D eigenvalue weighted by molar-refractivity contribution is 7.88. The monoisotopic (exact) mass is 470 g/mol. The van der Waals surface area contributed by atoms with Crippen LogP contribution in [0.25, 0.3) is 23.3 Å². The minimum absolute atomic E-state index is 0.289. The lowest BCUT2D eigenvalue weighted by Gasteiger charge is -2.24. The first-order chi connectivity index (χ1) is 15.4. The van der Waals surface area contributed by atoms with E-state index in [0.29, 0.717) is 33.7 Å². The predicted molar refractivity (Wildman–Crippen MR) is 128 cm³/mol. The summed E-state index contributed by atoms with van der Waals surface area (Å²) in [7, 11) is -2.06. The van der Waals surface area contributed by atoms with E-state index in [1.807, 2.05) is 26.8 Å². The van der Waals surface area contributed by atoms with E-state index in [0.717, 1.165) is 5.56 Å². The second kappa shape index (κ2) is 9.16. The van der Waals surface area contributed by atoms with Gasteiger partial charge in [0, 0.05) is 23.5 Å². The van der Waals surface area contributed by atoms with Gasteiger partial charge in [-0.25, -0.2) is 18.4 Å². The zero-order valence-electron chi connectivity index (χ0n) is 18.8. The molecule has 0 fully saturated rings. The number of nitrogens with zero attached hydrogens (tertiary/aromatic N) is 1. The van der Waals surface area contributed by atoms with Crippen LogP contribution < -0.4 is 21.1 Å². The molecular weight excluding hydrogens is 444 g/mol. The molecule has 3 rings (SSSR count). The Morgan fingerprint density at radius 1 is 1.15 bits per heavy atom. The summed E-state index contributed by atoms with van der Waals surface area (Å²) in [5.74, 6) is 0.358. The number of aromatic nitrogens is 3. The molecule has 10 heteroatoms. The molecule has 2 heterocycles. The normalized spacial score (nSPS) is 12.3. The lowest BCUT2D eigenvalue weighted by molar-refractivity contribution is 0.397. The second-order valence-electron chi connectivity index (χ2n) is 8.61. The molecule has 33 heavy (non-hydrogen) atoms. The molecule has 0 aliphatic heterocycles. The maximum atomic E-state index is 12.4. The fourth-order valence-electron chi connectivity index (χ4n) is 3.37. The number of pyridine rings is 1. The molecule has 0 amide bonds. The first-order valence-corrected chi connectivity index (χ1v) is 11.8. The van der Waals surface area contributed by atoms with E-state index in [1.165, 1.54) is 12.4 Å². The number of nitrogens with two attached hydrogens (primary N) is 1. The smallest absolute Gasteiger partial charge is 0.325 e. The number of rotatable bonds is 6. The summed E-state index contributed by atoms with van der Waals surface area (Å²) in [6.45, 7) is 6.10. The zero-order valence-corrected chi connectivity index (χ0v) is 19.6. The number of hydrogen-bond donors (Lipinski definition) is 3. The van der Waals surface area contributed by atoms with Crippen LogP contribution in [0.3, 0.4) is 0 Å². The van der Waals surface area contributed by atoms with Crippen molar-refractivity contribution in [1.82, 2.24) is 15.0 Å². The highest BCUT2D eigenvalue weighted by Crippen LogP contribution is 2.38. The van der Waals surface area contributed by atoms with Crippen LogP contribution in [0, 0.1) is 0 Å². The van der Waals surface area contributed by atoms with E-state index in [4.69, 9.17) is 9.88 Å². The number of ether oxygens (including phenoxy) is 1. The Hall–Kier alpha value is -3.50. The number of hydrogen-bond acceptors (Lipinski definition) is 6. The van der Waals surface area contributed by atoms with Gasteiger partial charge < -0.3 is 9.72 Å². The molecule has 0 saturated carbocycles. The Labute approximate surface area is 191 Å². The van der Waals surface area contributed by atoms with Crippen LogP contribution in [-0.4, -0.2) is 30.5 Å². The summed E-state index contributed by atoms with van der Waals surface area (Å²) in [5, 5.41) is 5.07. The lowest BCUT2D eigenvalue weighted by atomic mass is 9.83. The highest BCUT2D eigenvalue weighted by atomic mass is 32.2. The third kappa shape index (κ3) is 6.05. The van der Waals surface area contributed by atoms with Crippen molar-refractivity contribution in [3.8, 4) is 16.9 Å². The SMILES string of the molecule is COc1c(/C=C/c2ccc(CS(N)(=O)=O)cn2)cc(-c2c[nH]c(=O)[nH]c2=O)cc1C(C)(C)C. The Morgan fingerprint density at radius 3 is 2.42 bits per heavy atom. The van der Waals surface area contributed by atoms with Crippen molar-refractivity contribution in [2.45, 2.75) is 31.9 Å². The maximum absolute atomic E-state index is 12.4. The van der Waals surface area contributed by atoms with E-state index >= 15 is 0 Å². The molecule has 0 bridgehead atoms. The van der Waals surface area contributed by atoms with Gasteiger partial charge in [-0.05, 0) is 46.9 Å². The third-order valence-electron chi connectivity index (χ3n) is 4.91. The van der Waals surface area contributed by atoms with Crippen molar-refractivity contribution in [3.63, 3.8) is 0 Å². The first kappa shape index (κ1) is 24.1. The number of aromatic amines is 2. The van der Waals surface area contributed by atoms with E-state index in [1.54, 1.807) is 37.5 Å². The third-order valence-corrected chi connectivity index (χ3v) is 5.64. The molecule has 0 unspecified atom stereocenters. The molecule has 0 radical (unpaired) electrons. The fraction of sp³-hybridized carbons (Fsp3) is 0.261. The molecule has 0 saturated heterocycles. The standard InChI is InChI=1S/C23H26N4O5S/c1-23(2,3)19-10-16(18-12-26-22(29)27-21(18)28)9-15(20(19)32-4)6-8-17-7-5-14(11-25-17)13-33(24,30)31/h5-12H,13H2,1-4H3,(H2,24,30,31)(H2,26,27,28,29)/b8-6+. The van der Waals surface area contributed by atoms with Gasteiger partial charge in [-0.2, -0.15) is 0 Å². The lowest BCUT2D eigenvalue weighted by Crippen LogP contribution is -2.23. The molecule has 0 atom stereocenters. The minimum atomic E-state index is -3.64. The number of primary sulfonamides is 1. The Morgan fingerprint density at radius 2 is 1.88 bits per heavy atom. The van der Waals surface area contributed by atoms with Gasteiger partial charge in [0.05, 0.1) is 24.1 Å². The van der Waals surface area contributed by atoms with Gasteiger partial charge in [-0.3, -0.25) is 14.8 Å². The highest BCUT2D eigenvalue weighted by Gasteiger charge is 2.23. The van der Waals surface area contributed by atoms with Crippen molar-refractivity contribution >= 4 is 22.2 Å². The van der Waals surface area contributed by atoms with Crippen LogP contribution in [0.2, 0.25) is 0 Å². The summed E-state index contributed by atoms with van der Waals surface area (Å²) in [4.78, 5) is 32.8. The Balaban J connectivity index is 2.10. The summed E-state index contributed by atoms with van der Waals surface area (Å²) in [6, 6.07) is 7.00. The summed E-state index contributed by atoms with van der Waals surface area (Å²) >= 11 is 0. The van der Waals surface area contributed by atoms with Crippen LogP contribution in [0.1, 0.15) is 43.2 Å². The average Bonchev–Trinajstić information content (AvgIpc) is 2.71. The van der Waals surface area contributed by atoms with Crippen LogP contribution >= 0.6 is 0 Å². The Bertz CT molecular complexity index is 1410. The molecule has 3 aromatic rings. The number of methoxy groups -OCH3 is 1. The topological polar surface area (TPSA) is 148 Å². The molecule has 4 N–H and O–H groups in total. The van der Waals surface area contributed by atoms with Gasteiger partial charge >= 0.3 is 5.69 Å². The quantitative estimate of drug-likeness (QED) is 0.504. The van der Waals surface area contributed by atoms with Gasteiger partial charge in [0.1, 0.15) is 5.75 Å². The number of benzene rings is 1. The molecule has 2 aromatic heterocycles. The molecule has 0 spiro atoms. The first-order valence-electron chi connectivity index (χ1n) is 10.1. The van der Waals surface area contributed by atoms with Crippen molar-refractivity contribution in [3.05, 3.63) is 79.9 Å². The van der Waals surface area contributed by atoms with Gasteiger partial charge in [0.25, 0.3) is 5.56 Å². The van der Waals surface area contributed by atoms with Gasteiger partial charge in [-0.1, -0.05) is 26.8 Å². The van der Waals surface area contributed by atoms with E-state index in [9.17, 15) is 18.0 Å². The zero-order chi connectivity index (χ0) is 24.4. The van der Waals surface area contributed by atoms with Crippen LogP contribution in [0.15, 0.2) is 46.2 Å². The molecular formula is C23H26N4O5S. The summed E-state index contributed by atoms with van der Waals surface area (Å²) in [5.41, 5.74) is 2.24. The molecule has 0 aliphatic rings. The van der Waals surface area contributed by atoms with Crippen molar-refractivity contribution in [1.29, 1.82) is 0 Å². The van der Waals surface area contributed by atoms with E-state index in [-0.39, 0.29) is 11.2 Å². The summed E-state index contributed by atoms with van der Waals surface area (Å²) in [6.07, 6.45) is 6.40. The summed E-state index contributed by atoms with van der Waals surface area (Å²) < 4.78 is 28.2. The largest absolute Gasteiger partial charge is 0.496 e. The van der Waals surface area contributed by atoms with Crippen molar-refractivity contribution in [2.24, 2.45) is 5.14 Å². The maximum Gasteiger partial charge on any atom is 0.325 e.